The topological polar surface area (TPSA) is 61.1 Å². The minimum Gasteiger partial charge on any atom is -0.497 e. The van der Waals surface area contributed by atoms with Gasteiger partial charge in [-0.3, -0.25) is 9.69 Å². The van der Waals surface area contributed by atoms with Crippen LogP contribution in [0.3, 0.4) is 0 Å². The third-order valence-corrected chi connectivity index (χ3v) is 4.91. The summed E-state index contributed by atoms with van der Waals surface area (Å²) in [5.41, 5.74) is 1.27. The smallest absolute Gasteiger partial charge is 0.235 e. The summed E-state index contributed by atoms with van der Waals surface area (Å²) in [5, 5.41) is 0.488. The summed E-state index contributed by atoms with van der Waals surface area (Å²) in [6.07, 6.45) is 0. The third-order valence-electron chi connectivity index (χ3n) is 4.91. The fourth-order valence-electron chi connectivity index (χ4n) is 3.64. The molecule has 0 atom stereocenters. The molecule has 0 spiro atoms. The molecule has 152 valence electrons. The maximum Gasteiger partial charge on any atom is 0.235 e. The summed E-state index contributed by atoms with van der Waals surface area (Å²) in [5.74, 6) is 3.07. The zero-order valence-electron chi connectivity index (χ0n) is 17.2. The van der Waals surface area contributed by atoms with E-state index in [1.165, 1.54) is 0 Å². The Morgan fingerprint density at radius 3 is 2.72 bits per heavy atom. The lowest BCUT2D eigenvalue weighted by Crippen LogP contribution is -2.34. The predicted molar refractivity (Wildman–Crippen MR) is 111 cm³/mol. The normalized spacial score (nSPS) is 14.0. The number of fused-ring (bicyclic) bond motifs is 3. The van der Waals surface area contributed by atoms with Gasteiger partial charge in [-0.05, 0) is 37.1 Å². The van der Waals surface area contributed by atoms with E-state index in [0.717, 1.165) is 17.9 Å². The van der Waals surface area contributed by atoms with Crippen molar-refractivity contribution >= 4 is 11.0 Å². The molecule has 6 heteroatoms. The standard InChI is InChI=1S/C23H25NO5/c1-14(2)11-24-12-19-20(27-13-24)9-8-18-21(25)22(15(3)28-23(18)19)29-17-7-5-6-16(10-17)26-4/h5-10,14H,11-13H2,1-4H3. The fourth-order valence-corrected chi connectivity index (χ4v) is 3.64. The molecule has 6 nitrogen and oxygen atoms in total. The minimum atomic E-state index is -0.199. The third kappa shape index (κ3) is 3.80. The van der Waals surface area contributed by atoms with E-state index in [9.17, 15) is 4.79 Å². The zero-order valence-corrected chi connectivity index (χ0v) is 17.2. The molecule has 0 N–H and O–H groups in total. The first-order valence-corrected chi connectivity index (χ1v) is 9.72. The van der Waals surface area contributed by atoms with Gasteiger partial charge in [-0.2, -0.15) is 0 Å². The van der Waals surface area contributed by atoms with Gasteiger partial charge in [0.25, 0.3) is 0 Å². The van der Waals surface area contributed by atoms with Crippen LogP contribution in [0, 0.1) is 12.8 Å². The Morgan fingerprint density at radius 2 is 1.97 bits per heavy atom. The van der Waals surface area contributed by atoms with Crippen LogP contribution < -0.4 is 19.6 Å². The van der Waals surface area contributed by atoms with E-state index in [1.54, 1.807) is 32.2 Å². The van der Waals surface area contributed by atoms with Gasteiger partial charge < -0.3 is 18.6 Å². The Balaban J connectivity index is 1.75. The summed E-state index contributed by atoms with van der Waals surface area (Å²) in [4.78, 5) is 15.4. The van der Waals surface area contributed by atoms with Crippen molar-refractivity contribution in [1.82, 2.24) is 4.90 Å². The Morgan fingerprint density at radius 1 is 1.17 bits per heavy atom. The summed E-state index contributed by atoms with van der Waals surface area (Å²) >= 11 is 0. The molecule has 0 fully saturated rings. The molecule has 0 radical (unpaired) electrons. The van der Waals surface area contributed by atoms with Crippen molar-refractivity contribution in [2.75, 3.05) is 20.4 Å². The minimum absolute atomic E-state index is 0.182. The van der Waals surface area contributed by atoms with Gasteiger partial charge in [0.15, 0.2) is 0 Å². The molecule has 0 amide bonds. The summed E-state index contributed by atoms with van der Waals surface area (Å²) in [6, 6.07) is 10.7. The lowest BCUT2D eigenvalue weighted by Gasteiger charge is -2.30. The second kappa shape index (κ2) is 7.79. The number of aryl methyl sites for hydroxylation is 1. The quantitative estimate of drug-likeness (QED) is 0.623. The SMILES string of the molecule is COc1cccc(Oc2c(C)oc3c4c(ccc3c2=O)OCN(CC(C)C)C4)c1. The highest BCUT2D eigenvalue weighted by Crippen LogP contribution is 2.34. The Bertz CT molecular complexity index is 1100. The summed E-state index contributed by atoms with van der Waals surface area (Å²) in [6.45, 7) is 8.22. The molecule has 0 saturated carbocycles. The van der Waals surface area contributed by atoms with Gasteiger partial charge in [-0.1, -0.05) is 19.9 Å². The lowest BCUT2D eigenvalue weighted by atomic mass is 10.1. The number of nitrogens with zero attached hydrogens (tertiary/aromatic N) is 1. The van der Waals surface area contributed by atoms with Crippen molar-refractivity contribution in [2.24, 2.45) is 5.92 Å². The molecular weight excluding hydrogens is 370 g/mol. The molecule has 29 heavy (non-hydrogen) atoms. The first-order chi connectivity index (χ1) is 14.0. The second-order valence-electron chi connectivity index (χ2n) is 7.70. The number of hydrogen-bond acceptors (Lipinski definition) is 6. The monoisotopic (exact) mass is 395 g/mol. The molecule has 2 heterocycles. The van der Waals surface area contributed by atoms with Gasteiger partial charge in [0.1, 0.15) is 35.3 Å². The maximum atomic E-state index is 13.2. The molecule has 1 aliphatic rings. The van der Waals surface area contributed by atoms with E-state index in [2.05, 4.69) is 18.7 Å². The molecule has 0 bridgehead atoms. The van der Waals surface area contributed by atoms with Crippen molar-refractivity contribution < 1.29 is 18.6 Å². The average molecular weight is 395 g/mol. The number of ether oxygens (including phenoxy) is 3. The Hall–Kier alpha value is -2.99. The van der Waals surface area contributed by atoms with Gasteiger partial charge >= 0.3 is 0 Å². The first-order valence-electron chi connectivity index (χ1n) is 9.72. The van der Waals surface area contributed by atoms with Gasteiger partial charge in [0.05, 0.1) is 18.1 Å². The second-order valence-corrected chi connectivity index (χ2v) is 7.70. The van der Waals surface area contributed by atoms with E-state index in [4.69, 9.17) is 18.6 Å². The molecule has 0 saturated heterocycles. The molecule has 2 aromatic carbocycles. The number of methoxy groups -OCH3 is 1. The molecule has 0 aliphatic carbocycles. The Kier molecular flexibility index (Phi) is 5.20. The van der Waals surface area contributed by atoms with Crippen LogP contribution in [0.2, 0.25) is 0 Å². The van der Waals surface area contributed by atoms with E-state index in [0.29, 0.717) is 47.4 Å². The summed E-state index contributed by atoms with van der Waals surface area (Å²) in [7, 11) is 1.59. The Labute approximate surface area is 169 Å². The van der Waals surface area contributed by atoms with Crippen LogP contribution in [-0.4, -0.2) is 25.3 Å². The molecule has 3 aromatic rings. The van der Waals surface area contributed by atoms with E-state index >= 15 is 0 Å². The highest BCUT2D eigenvalue weighted by molar-refractivity contribution is 5.83. The highest BCUT2D eigenvalue weighted by Gasteiger charge is 2.24. The van der Waals surface area contributed by atoms with Crippen LogP contribution in [0.25, 0.3) is 11.0 Å². The van der Waals surface area contributed by atoms with Crippen molar-refractivity contribution in [3.05, 3.63) is 57.9 Å². The van der Waals surface area contributed by atoms with Crippen LogP contribution in [-0.2, 0) is 6.54 Å². The van der Waals surface area contributed by atoms with Crippen molar-refractivity contribution in [2.45, 2.75) is 27.3 Å². The van der Waals surface area contributed by atoms with Gasteiger partial charge in [0.2, 0.25) is 11.2 Å². The van der Waals surface area contributed by atoms with Gasteiger partial charge in [0, 0.05) is 19.2 Å². The molecule has 1 aliphatic heterocycles. The van der Waals surface area contributed by atoms with E-state index < -0.39 is 0 Å². The first kappa shape index (κ1) is 19.3. The molecule has 4 rings (SSSR count). The average Bonchev–Trinajstić information content (AvgIpc) is 2.70. The number of benzene rings is 2. The summed E-state index contributed by atoms with van der Waals surface area (Å²) < 4.78 is 23.1. The van der Waals surface area contributed by atoms with Crippen LogP contribution in [0.1, 0.15) is 25.2 Å². The highest BCUT2D eigenvalue weighted by atomic mass is 16.5. The van der Waals surface area contributed by atoms with E-state index in [1.807, 2.05) is 18.2 Å². The predicted octanol–water partition coefficient (Wildman–Crippen LogP) is 4.71. The number of rotatable bonds is 5. The largest absolute Gasteiger partial charge is 0.497 e. The zero-order chi connectivity index (χ0) is 20.5. The lowest BCUT2D eigenvalue weighted by molar-refractivity contribution is 0.0848. The molecule has 1 aromatic heterocycles. The van der Waals surface area contributed by atoms with Crippen molar-refractivity contribution in [3.8, 4) is 23.0 Å². The fraction of sp³-hybridized carbons (Fsp3) is 0.348. The maximum absolute atomic E-state index is 13.2. The number of hydrogen-bond donors (Lipinski definition) is 0. The van der Waals surface area contributed by atoms with Crippen LogP contribution in [0.4, 0.5) is 0 Å². The van der Waals surface area contributed by atoms with Crippen molar-refractivity contribution in [1.29, 1.82) is 0 Å². The van der Waals surface area contributed by atoms with Gasteiger partial charge in [-0.25, -0.2) is 0 Å². The van der Waals surface area contributed by atoms with Crippen molar-refractivity contribution in [3.63, 3.8) is 0 Å². The van der Waals surface area contributed by atoms with E-state index in [-0.39, 0.29) is 11.2 Å². The van der Waals surface area contributed by atoms with Crippen LogP contribution >= 0.6 is 0 Å². The van der Waals surface area contributed by atoms with Gasteiger partial charge in [-0.15, -0.1) is 0 Å². The molecular formula is C23H25NO5. The molecule has 0 unspecified atom stereocenters. The van der Waals surface area contributed by atoms with Crippen LogP contribution in [0.15, 0.2) is 45.6 Å². The van der Waals surface area contributed by atoms with Crippen LogP contribution in [0.5, 0.6) is 23.0 Å².